The van der Waals surface area contributed by atoms with Crippen LogP contribution in [0.15, 0.2) is 0 Å². The molecule has 2 N–H and O–H groups in total. The molecule has 1 saturated carbocycles. The van der Waals surface area contributed by atoms with Crippen molar-refractivity contribution in [2.75, 3.05) is 26.3 Å². The van der Waals surface area contributed by atoms with Crippen molar-refractivity contribution in [2.45, 2.75) is 38.6 Å². The van der Waals surface area contributed by atoms with Crippen LogP contribution in [-0.2, 0) is 9.53 Å². The summed E-state index contributed by atoms with van der Waals surface area (Å²) in [6.07, 6.45) is 4.61. The molecule has 0 aromatic heterocycles. The third-order valence-corrected chi connectivity index (χ3v) is 3.91. The molecule has 4 heteroatoms. The Morgan fingerprint density at radius 1 is 1.35 bits per heavy atom. The molecule has 0 bridgehead atoms. The molecule has 1 unspecified atom stereocenters. The predicted octanol–water partition coefficient (Wildman–Crippen LogP) is 0.999. The highest BCUT2D eigenvalue weighted by atomic mass is 16.5. The number of amides is 1. The van der Waals surface area contributed by atoms with Crippen molar-refractivity contribution in [1.29, 1.82) is 0 Å². The largest absolute Gasteiger partial charge is 0.371 e. The predicted molar refractivity (Wildman–Crippen MR) is 66.5 cm³/mol. The van der Waals surface area contributed by atoms with Gasteiger partial charge in [-0.25, -0.2) is 0 Å². The van der Waals surface area contributed by atoms with E-state index in [1.165, 1.54) is 12.8 Å². The maximum Gasteiger partial charge on any atom is 0.248 e. The molecule has 1 amide bonds. The van der Waals surface area contributed by atoms with Crippen molar-refractivity contribution < 1.29 is 9.53 Å². The van der Waals surface area contributed by atoms with E-state index in [-0.39, 0.29) is 18.6 Å². The van der Waals surface area contributed by atoms with Crippen LogP contribution in [0, 0.1) is 11.8 Å². The highest BCUT2D eigenvalue weighted by Crippen LogP contribution is 2.28. The first-order valence-corrected chi connectivity index (χ1v) is 6.78. The molecule has 1 aliphatic carbocycles. The van der Waals surface area contributed by atoms with Crippen LogP contribution in [0.25, 0.3) is 0 Å². The molecule has 1 heterocycles. The topological polar surface area (TPSA) is 55.6 Å². The molecule has 0 aromatic carbocycles. The monoisotopic (exact) mass is 240 g/mol. The van der Waals surface area contributed by atoms with E-state index in [1.807, 2.05) is 4.90 Å². The van der Waals surface area contributed by atoms with Gasteiger partial charge in [0.15, 0.2) is 0 Å². The van der Waals surface area contributed by atoms with Gasteiger partial charge in [-0.05, 0) is 44.4 Å². The van der Waals surface area contributed by atoms with E-state index in [4.69, 9.17) is 10.5 Å². The molecule has 2 aliphatic rings. The molecule has 0 spiro atoms. The van der Waals surface area contributed by atoms with Crippen LogP contribution in [-0.4, -0.2) is 43.2 Å². The SMILES string of the molecule is CC(N)C1CCN(C(=O)COCC2CC2)CC1. The molecular formula is C13H24N2O2. The second-order valence-electron chi connectivity index (χ2n) is 5.54. The van der Waals surface area contributed by atoms with Crippen molar-refractivity contribution in [3.8, 4) is 0 Å². The van der Waals surface area contributed by atoms with Crippen molar-refractivity contribution in [3.05, 3.63) is 0 Å². The normalized spacial score (nSPS) is 23.8. The highest BCUT2D eigenvalue weighted by Gasteiger charge is 2.26. The van der Waals surface area contributed by atoms with Gasteiger partial charge in [0, 0.05) is 19.1 Å². The van der Waals surface area contributed by atoms with Gasteiger partial charge in [-0.15, -0.1) is 0 Å². The first kappa shape index (κ1) is 12.8. The maximum atomic E-state index is 11.8. The number of piperidine rings is 1. The van der Waals surface area contributed by atoms with Crippen LogP contribution in [0.1, 0.15) is 32.6 Å². The van der Waals surface area contributed by atoms with Gasteiger partial charge < -0.3 is 15.4 Å². The Labute approximate surface area is 103 Å². The average Bonchev–Trinajstić information content (AvgIpc) is 3.13. The summed E-state index contributed by atoms with van der Waals surface area (Å²) in [7, 11) is 0. The number of nitrogens with two attached hydrogens (primary N) is 1. The summed E-state index contributed by atoms with van der Waals surface area (Å²) in [6.45, 7) is 4.78. The summed E-state index contributed by atoms with van der Waals surface area (Å²) in [5, 5.41) is 0. The standard InChI is InChI=1S/C13H24N2O2/c1-10(14)12-4-6-15(7-5-12)13(16)9-17-8-11-2-3-11/h10-12H,2-9,14H2,1H3. The van der Waals surface area contributed by atoms with Gasteiger partial charge in [0.1, 0.15) is 6.61 Å². The quantitative estimate of drug-likeness (QED) is 0.780. The number of hydrogen-bond acceptors (Lipinski definition) is 3. The summed E-state index contributed by atoms with van der Waals surface area (Å²) in [5.74, 6) is 1.45. The van der Waals surface area contributed by atoms with E-state index in [9.17, 15) is 4.79 Å². The molecule has 17 heavy (non-hydrogen) atoms. The number of rotatable bonds is 5. The molecule has 1 atom stereocenters. The van der Waals surface area contributed by atoms with Gasteiger partial charge in [-0.2, -0.15) is 0 Å². The molecule has 2 fully saturated rings. The van der Waals surface area contributed by atoms with Crippen LogP contribution in [0.3, 0.4) is 0 Å². The maximum absolute atomic E-state index is 11.8. The zero-order valence-corrected chi connectivity index (χ0v) is 10.7. The number of nitrogens with zero attached hydrogens (tertiary/aromatic N) is 1. The Hall–Kier alpha value is -0.610. The lowest BCUT2D eigenvalue weighted by Crippen LogP contribution is -2.43. The molecule has 2 rings (SSSR count). The fourth-order valence-corrected chi connectivity index (χ4v) is 2.36. The Morgan fingerprint density at radius 3 is 2.53 bits per heavy atom. The van der Waals surface area contributed by atoms with Crippen LogP contribution in [0.5, 0.6) is 0 Å². The number of ether oxygens (including phenoxy) is 1. The van der Waals surface area contributed by atoms with Gasteiger partial charge in [0.05, 0.1) is 6.61 Å². The van der Waals surface area contributed by atoms with E-state index >= 15 is 0 Å². The smallest absolute Gasteiger partial charge is 0.248 e. The third-order valence-electron chi connectivity index (χ3n) is 3.91. The van der Waals surface area contributed by atoms with E-state index in [0.29, 0.717) is 5.92 Å². The third kappa shape index (κ3) is 3.96. The van der Waals surface area contributed by atoms with E-state index < -0.39 is 0 Å². The summed E-state index contributed by atoms with van der Waals surface area (Å²) in [4.78, 5) is 13.8. The lowest BCUT2D eigenvalue weighted by atomic mass is 9.91. The van der Waals surface area contributed by atoms with Crippen molar-refractivity contribution in [2.24, 2.45) is 17.6 Å². The minimum absolute atomic E-state index is 0.147. The first-order valence-electron chi connectivity index (χ1n) is 6.78. The lowest BCUT2D eigenvalue weighted by molar-refractivity contribution is -0.137. The second kappa shape index (κ2) is 5.83. The average molecular weight is 240 g/mol. The van der Waals surface area contributed by atoms with Crippen molar-refractivity contribution in [3.63, 3.8) is 0 Å². The van der Waals surface area contributed by atoms with E-state index in [2.05, 4.69) is 6.92 Å². The number of likely N-dealkylation sites (tertiary alicyclic amines) is 1. The minimum atomic E-state index is 0.147. The van der Waals surface area contributed by atoms with Crippen LogP contribution < -0.4 is 5.73 Å². The van der Waals surface area contributed by atoms with Gasteiger partial charge >= 0.3 is 0 Å². The molecule has 1 aliphatic heterocycles. The van der Waals surface area contributed by atoms with Gasteiger partial charge in [0.25, 0.3) is 0 Å². The first-order chi connectivity index (χ1) is 8.16. The zero-order valence-electron chi connectivity index (χ0n) is 10.7. The molecular weight excluding hydrogens is 216 g/mol. The van der Waals surface area contributed by atoms with Gasteiger partial charge in [0.2, 0.25) is 5.91 Å². The Kier molecular flexibility index (Phi) is 4.40. The molecule has 98 valence electrons. The summed E-state index contributed by atoms with van der Waals surface area (Å²) in [5.41, 5.74) is 5.88. The fraction of sp³-hybridized carbons (Fsp3) is 0.923. The zero-order chi connectivity index (χ0) is 12.3. The lowest BCUT2D eigenvalue weighted by Gasteiger charge is -2.33. The highest BCUT2D eigenvalue weighted by molar-refractivity contribution is 5.77. The van der Waals surface area contributed by atoms with Crippen LogP contribution >= 0.6 is 0 Å². The molecule has 1 saturated heterocycles. The minimum Gasteiger partial charge on any atom is -0.371 e. The van der Waals surface area contributed by atoms with E-state index in [1.54, 1.807) is 0 Å². The number of carbonyl (C=O) groups is 1. The van der Waals surface area contributed by atoms with E-state index in [0.717, 1.165) is 38.5 Å². The number of hydrogen-bond donors (Lipinski definition) is 1. The van der Waals surface area contributed by atoms with Crippen molar-refractivity contribution in [1.82, 2.24) is 4.90 Å². The second-order valence-corrected chi connectivity index (χ2v) is 5.54. The van der Waals surface area contributed by atoms with Crippen molar-refractivity contribution >= 4 is 5.91 Å². The fourth-order valence-electron chi connectivity index (χ4n) is 2.36. The summed E-state index contributed by atoms with van der Waals surface area (Å²) in [6, 6.07) is 0.248. The molecule has 0 radical (unpaired) electrons. The van der Waals surface area contributed by atoms with Gasteiger partial charge in [-0.1, -0.05) is 0 Å². The molecule has 0 aromatic rings. The summed E-state index contributed by atoms with van der Waals surface area (Å²) >= 11 is 0. The Balaban J connectivity index is 1.62. The number of carbonyl (C=O) groups excluding carboxylic acids is 1. The molecule has 4 nitrogen and oxygen atoms in total. The summed E-state index contributed by atoms with van der Waals surface area (Å²) < 4.78 is 5.43. The van der Waals surface area contributed by atoms with Crippen LogP contribution in [0.2, 0.25) is 0 Å². The van der Waals surface area contributed by atoms with Crippen LogP contribution in [0.4, 0.5) is 0 Å². The Morgan fingerprint density at radius 2 is 2.00 bits per heavy atom. The van der Waals surface area contributed by atoms with Gasteiger partial charge in [-0.3, -0.25) is 4.79 Å². The Bertz CT molecular complexity index is 256.